The topological polar surface area (TPSA) is 49.8 Å². The van der Waals surface area contributed by atoms with Gasteiger partial charge in [-0.05, 0) is 44.0 Å². The van der Waals surface area contributed by atoms with Crippen LogP contribution in [0.5, 0.6) is 11.5 Å². The lowest BCUT2D eigenvalue weighted by Gasteiger charge is -2.40. The van der Waals surface area contributed by atoms with Gasteiger partial charge in [0.15, 0.2) is 5.78 Å². The highest BCUT2D eigenvalue weighted by Gasteiger charge is 2.39. The van der Waals surface area contributed by atoms with Gasteiger partial charge in [0.05, 0.1) is 12.7 Å². The van der Waals surface area contributed by atoms with E-state index in [0.29, 0.717) is 36.0 Å². The number of ether oxygens (including phenoxy) is 1. The molecule has 0 saturated carbocycles. The van der Waals surface area contributed by atoms with E-state index in [1.807, 2.05) is 13.0 Å². The highest BCUT2D eigenvalue weighted by Crippen LogP contribution is 2.47. The van der Waals surface area contributed by atoms with Crippen LogP contribution in [0.15, 0.2) is 6.07 Å². The molecule has 114 valence electrons. The van der Waals surface area contributed by atoms with Crippen LogP contribution in [0.25, 0.3) is 0 Å². The molecule has 0 aromatic heterocycles. The second kappa shape index (κ2) is 5.34. The molecule has 2 atom stereocenters. The lowest BCUT2D eigenvalue weighted by molar-refractivity contribution is 0.0883. The molecule has 1 heterocycles. The third-order valence-electron chi connectivity index (χ3n) is 5.05. The first-order chi connectivity index (χ1) is 10.1. The maximum absolute atomic E-state index is 12.5. The molecule has 0 amide bonds. The van der Waals surface area contributed by atoms with Gasteiger partial charge in [-0.3, -0.25) is 4.79 Å². The van der Waals surface area contributed by atoms with Crippen LogP contribution in [-0.4, -0.2) is 43.0 Å². The van der Waals surface area contributed by atoms with Gasteiger partial charge >= 0.3 is 0 Å². The summed E-state index contributed by atoms with van der Waals surface area (Å²) in [5.41, 5.74) is 2.27. The minimum Gasteiger partial charge on any atom is -0.507 e. The number of likely N-dealkylation sites (tertiary alicyclic amines) is 1. The number of likely N-dealkylation sites (N-methyl/N-ethyl adjacent to an activating group) is 1. The minimum atomic E-state index is 0.0886. The molecule has 1 aliphatic carbocycles. The largest absolute Gasteiger partial charge is 0.507 e. The number of carbonyl (C=O) groups is 1. The Hall–Kier alpha value is -1.55. The third-order valence-corrected chi connectivity index (χ3v) is 5.05. The number of ketones is 1. The van der Waals surface area contributed by atoms with Crippen LogP contribution >= 0.6 is 0 Å². The number of phenolic OH excluding ortho intramolecular Hbond substituents is 1. The molecule has 3 rings (SSSR count). The Bertz CT molecular complexity index is 582. The fourth-order valence-corrected chi connectivity index (χ4v) is 3.91. The number of fused-ring (bicyclic) bond motifs is 3. The summed E-state index contributed by atoms with van der Waals surface area (Å²) in [6, 6.07) is 1.99. The van der Waals surface area contributed by atoms with E-state index in [1.165, 1.54) is 0 Å². The van der Waals surface area contributed by atoms with E-state index in [-0.39, 0.29) is 11.5 Å². The summed E-state index contributed by atoms with van der Waals surface area (Å²) < 4.78 is 5.44. The summed E-state index contributed by atoms with van der Waals surface area (Å²) in [7, 11) is 3.74. The van der Waals surface area contributed by atoms with Crippen LogP contribution in [0, 0.1) is 5.92 Å². The van der Waals surface area contributed by atoms with Gasteiger partial charge in [-0.1, -0.05) is 6.92 Å². The van der Waals surface area contributed by atoms with Crippen molar-refractivity contribution in [1.29, 1.82) is 0 Å². The first-order valence-corrected chi connectivity index (χ1v) is 7.71. The standard InChI is InChI=1S/C17H23NO3/c1-4-11-15(21-3)8-12-13-9-18(2)6-5-10(13)7-14(19)16(12)17(11)20/h8,10,13,20H,4-7,9H2,1-3H3. The van der Waals surface area contributed by atoms with Gasteiger partial charge in [-0.15, -0.1) is 0 Å². The smallest absolute Gasteiger partial charge is 0.167 e. The number of carbonyl (C=O) groups excluding carboxylic acids is 1. The van der Waals surface area contributed by atoms with Crippen molar-refractivity contribution in [2.24, 2.45) is 5.92 Å². The Kier molecular flexibility index (Phi) is 3.66. The molecular weight excluding hydrogens is 266 g/mol. The van der Waals surface area contributed by atoms with E-state index in [0.717, 1.165) is 30.6 Å². The van der Waals surface area contributed by atoms with Gasteiger partial charge in [0.25, 0.3) is 0 Å². The Labute approximate surface area is 125 Å². The van der Waals surface area contributed by atoms with Crippen LogP contribution < -0.4 is 4.74 Å². The highest BCUT2D eigenvalue weighted by atomic mass is 16.5. The molecule has 1 aromatic rings. The second-order valence-electron chi connectivity index (χ2n) is 6.27. The average molecular weight is 289 g/mol. The van der Waals surface area contributed by atoms with Crippen molar-refractivity contribution in [3.63, 3.8) is 0 Å². The van der Waals surface area contributed by atoms with Crippen molar-refractivity contribution < 1.29 is 14.6 Å². The molecule has 0 radical (unpaired) electrons. The molecular formula is C17H23NO3. The Morgan fingerprint density at radius 2 is 2.24 bits per heavy atom. The first kappa shape index (κ1) is 14.4. The van der Waals surface area contributed by atoms with Crippen molar-refractivity contribution in [2.75, 3.05) is 27.2 Å². The van der Waals surface area contributed by atoms with Gasteiger partial charge in [-0.2, -0.15) is 0 Å². The maximum atomic E-state index is 12.5. The number of aromatic hydroxyl groups is 1. The van der Waals surface area contributed by atoms with E-state index in [1.54, 1.807) is 7.11 Å². The average Bonchev–Trinajstić information content (AvgIpc) is 2.47. The summed E-state index contributed by atoms with van der Waals surface area (Å²) in [4.78, 5) is 14.8. The quantitative estimate of drug-likeness (QED) is 0.909. The zero-order valence-corrected chi connectivity index (χ0v) is 13.0. The van der Waals surface area contributed by atoms with Crippen LogP contribution in [-0.2, 0) is 6.42 Å². The van der Waals surface area contributed by atoms with Gasteiger partial charge in [0, 0.05) is 24.4 Å². The molecule has 4 nitrogen and oxygen atoms in total. The summed E-state index contributed by atoms with van der Waals surface area (Å²) in [6.07, 6.45) is 2.27. The van der Waals surface area contributed by atoms with Crippen molar-refractivity contribution >= 4 is 5.78 Å². The number of Topliss-reactive ketones (excluding diaryl/α,β-unsaturated/α-hetero) is 1. The van der Waals surface area contributed by atoms with Crippen LogP contribution in [0.4, 0.5) is 0 Å². The van der Waals surface area contributed by atoms with E-state index in [9.17, 15) is 9.90 Å². The molecule has 1 saturated heterocycles. The van der Waals surface area contributed by atoms with Crippen molar-refractivity contribution in [3.8, 4) is 11.5 Å². The van der Waals surface area contributed by atoms with E-state index < -0.39 is 0 Å². The number of hydrogen-bond acceptors (Lipinski definition) is 4. The van der Waals surface area contributed by atoms with Crippen molar-refractivity contribution in [3.05, 3.63) is 22.8 Å². The Balaban J connectivity index is 2.16. The summed E-state index contributed by atoms with van der Waals surface area (Å²) in [5, 5.41) is 10.6. The van der Waals surface area contributed by atoms with E-state index in [4.69, 9.17) is 4.74 Å². The van der Waals surface area contributed by atoms with E-state index >= 15 is 0 Å². The monoisotopic (exact) mass is 289 g/mol. The predicted octanol–water partition coefficient (Wildman–Crippen LogP) is 2.58. The van der Waals surface area contributed by atoms with Crippen LogP contribution in [0.3, 0.4) is 0 Å². The fraction of sp³-hybridized carbons (Fsp3) is 0.588. The number of nitrogens with zero attached hydrogens (tertiary/aromatic N) is 1. The predicted molar refractivity (Wildman–Crippen MR) is 81.3 cm³/mol. The highest BCUT2D eigenvalue weighted by molar-refractivity contribution is 6.02. The van der Waals surface area contributed by atoms with Crippen molar-refractivity contribution in [1.82, 2.24) is 4.90 Å². The molecule has 0 bridgehead atoms. The Morgan fingerprint density at radius 3 is 2.90 bits per heavy atom. The number of methoxy groups -OCH3 is 1. The van der Waals surface area contributed by atoms with Gasteiger partial charge in [-0.25, -0.2) is 0 Å². The molecule has 1 N–H and O–H groups in total. The fourth-order valence-electron chi connectivity index (χ4n) is 3.91. The van der Waals surface area contributed by atoms with Gasteiger partial charge in [0.1, 0.15) is 11.5 Å². The zero-order valence-electron chi connectivity index (χ0n) is 13.0. The molecule has 2 unspecified atom stereocenters. The number of rotatable bonds is 2. The zero-order chi connectivity index (χ0) is 15.1. The third kappa shape index (κ3) is 2.22. The lowest BCUT2D eigenvalue weighted by atomic mass is 9.70. The SMILES string of the molecule is CCc1c(OC)cc2c(c1O)C(=O)CC1CCN(C)CC21. The normalized spacial score (nSPS) is 25.4. The number of piperidine rings is 1. The van der Waals surface area contributed by atoms with Crippen LogP contribution in [0.2, 0.25) is 0 Å². The first-order valence-electron chi connectivity index (χ1n) is 7.71. The molecule has 1 aliphatic heterocycles. The maximum Gasteiger partial charge on any atom is 0.167 e. The number of hydrogen-bond donors (Lipinski definition) is 1. The molecule has 2 aliphatic rings. The molecule has 4 heteroatoms. The Morgan fingerprint density at radius 1 is 1.48 bits per heavy atom. The van der Waals surface area contributed by atoms with E-state index in [2.05, 4.69) is 11.9 Å². The van der Waals surface area contributed by atoms with Crippen LogP contribution in [0.1, 0.15) is 47.2 Å². The molecule has 1 aromatic carbocycles. The molecule has 1 fully saturated rings. The summed E-state index contributed by atoms with van der Waals surface area (Å²) in [6.45, 7) is 3.95. The lowest BCUT2D eigenvalue weighted by Crippen LogP contribution is -2.40. The van der Waals surface area contributed by atoms with Gasteiger partial charge in [0.2, 0.25) is 0 Å². The minimum absolute atomic E-state index is 0.0886. The summed E-state index contributed by atoms with van der Waals surface area (Å²) in [5.74, 6) is 1.66. The molecule has 0 spiro atoms. The summed E-state index contributed by atoms with van der Waals surface area (Å²) >= 11 is 0. The number of phenols is 1. The van der Waals surface area contributed by atoms with Crippen molar-refractivity contribution in [2.45, 2.75) is 32.1 Å². The second-order valence-corrected chi connectivity index (χ2v) is 6.27. The number of benzene rings is 1. The van der Waals surface area contributed by atoms with Gasteiger partial charge < -0.3 is 14.7 Å². The molecule has 21 heavy (non-hydrogen) atoms.